The summed E-state index contributed by atoms with van der Waals surface area (Å²) in [5, 5.41) is 15.1. The molecule has 0 saturated carbocycles. The van der Waals surface area contributed by atoms with Crippen LogP contribution in [0.2, 0.25) is 5.02 Å². The molecule has 0 radical (unpaired) electrons. The number of aliphatic hydroxyl groups is 1. The maximum atomic E-state index is 10.3. The van der Waals surface area contributed by atoms with Gasteiger partial charge in [-0.1, -0.05) is 44.5 Å². The summed E-state index contributed by atoms with van der Waals surface area (Å²) < 4.78 is 1.64. The lowest BCUT2D eigenvalue weighted by Crippen LogP contribution is -2.24. The van der Waals surface area contributed by atoms with Crippen molar-refractivity contribution in [1.82, 2.24) is 14.8 Å². The smallest absolute Gasteiger partial charge is 0.138 e. The quantitative estimate of drug-likeness (QED) is 0.944. The Morgan fingerprint density at radius 1 is 1.30 bits per heavy atom. The van der Waals surface area contributed by atoms with E-state index in [0.717, 1.165) is 11.3 Å². The zero-order valence-corrected chi connectivity index (χ0v) is 12.5. The van der Waals surface area contributed by atoms with Crippen molar-refractivity contribution in [3.63, 3.8) is 0 Å². The lowest BCUT2D eigenvalue weighted by atomic mass is 9.88. The Labute approximate surface area is 123 Å². The molecular weight excluding hydrogens is 274 g/mol. The van der Waals surface area contributed by atoms with Gasteiger partial charge in [0.15, 0.2) is 0 Å². The van der Waals surface area contributed by atoms with Gasteiger partial charge >= 0.3 is 0 Å². The molecule has 5 heteroatoms. The van der Waals surface area contributed by atoms with Gasteiger partial charge < -0.3 is 5.11 Å². The van der Waals surface area contributed by atoms with Gasteiger partial charge in [-0.15, -0.1) is 0 Å². The van der Waals surface area contributed by atoms with Crippen molar-refractivity contribution in [3.05, 3.63) is 53.6 Å². The second kappa shape index (κ2) is 5.77. The van der Waals surface area contributed by atoms with E-state index < -0.39 is 6.10 Å². The standard InChI is InChI=1S/C15H18ClN3O/c1-15(2,3)14(20)8-13(19-10-17-9-18-19)11-4-6-12(16)7-5-11/h4-10,14,20H,1-3H3. The van der Waals surface area contributed by atoms with E-state index >= 15 is 0 Å². The number of hydrogen-bond acceptors (Lipinski definition) is 3. The van der Waals surface area contributed by atoms with E-state index in [0.29, 0.717) is 5.02 Å². The molecule has 0 bridgehead atoms. The Kier molecular flexibility index (Phi) is 4.26. The largest absolute Gasteiger partial charge is 0.388 e. The van der Waals surface area contributed by atoms with Gasteiger partial charge in [-0.25, -0.2) is 9.67 Å². The second-order valence-electron chi connectivity index (χ2n) is 5.71. The van der Waals surface area contributed by atoms with Gasteiger partial charge in [0.2, 0.25) is 0 Å². The first-order chi connectivity index (χ1) is 9.38. The number of nitrogens with zero attached hydrogens (tertiary/aromatic N) is 3. The summed E-state index contributed by atoms with van der Waals surface area (Å²) in [6.07, 6.45) is 4.26. The first-order valence-corrected chi connectivity index (χ1v) is 6.76. The highest BCUT2D eigenvalue weighted by molar-refractivity contribution is 6.30. The van der Waals surface area contributed by atoms with Crippen molar-refractivity contribution in [2.45, 2.75) is 26.9 Å². The fourth-order valence-electron chi connectivity index (χ4n) is 1.66. The molecule has 0 aliphatic heterocycles. The van der Waals surface area contributed by atoms with Crippen molar-refractivity contribution in [2.75, 3.05) is 0 Å². The second-order valence-corrected chi connectivity index (χ2v) is 6.15. The molecule has 1 aromatic heterocycles. The Morgan fingerprint density at radius 3 is 2.45 bits per heavy atom. The number of rotatable bonds is 3. The van der Waals surface area contributed by atoms with Crippen LogP contribution in [0.25, 0.3) is 5.70 Å². The first-order valence-electron chi connectivity index (χ1n) is 6.39. The van der Waals surface area contributed by atoms with Gasteiger partial charge in [0.05, 0.1) is 11.8 Å². The van der Waals surface area contributed by atoms with Gasteiger partial charge in [0, 0.05) is 10.6 Å². The van der Waals surface area contributed by atoms with Crippen molar-refractivity contribution < 1.29 is 5.11 Å². The van der Waals surface area contributed by atoms with E-state index in [1.54, 1.807) is 17.1 Å². The third-order valence-corrected chi connectivity index (χ3v) is 3.26. The minimum absolute atomic E-state index is 0.252. The van der Waals surface area contributed by atoms with Crippen molar-refractivity contribution in [2.24, 2.45) is 5.41 Å². The summed E-state index contributed by atoms with van der Waals surface area (Å²) in [6, 6.07) is 7.41. The molecule has 1 aromatic carbocycles. The van der Waals surface area contributed by atoms with Gasteiger partial charge in [-0.3, -0.25) is 0 Å². The number of halogens is 1. The van der Waals surface area contributed by atoms with E-state index in [1.165, 1.54) is 6.33 Å². The van der Waals surface area contributed by atoms with Crippen LogP contribution in [0.4, 0.5) is 0 Å². The Hall–Kier alpha value is -1.65. The Balaban J connectivity index is 2.46. The van der Waals surface area contributed by atoms with E-state index in [2.05, 4.69) is 10.1 Å². The van der Waals surface area contributed by atoms with Crippen LogP contribution in [-0.2, 0) is 0 Å². The molecule has 0 saturated heterocycles. The number of aromatic nitrogens is 3. The molecule has 1 N–H and O–H groups in total. The summed E-state index contributed by atoms with van der Waals surface area (Å²) in [5.74, 6) is 0. The van der Waals surface area contributed by atoms with Crippen LogP contribution in [0.3, 0.4) is 0 Å². The molecule has 0 aliphatic carbocycles. The van der Waals surface area contributed by atoms with Crippen molar-refractivity contribution in [3.8, 4) is 0 Å². The van der Waals surface area contributed by atoms with Gasteiger partial charge in [0.1, 0.15) is 12.7 Å². The molecule has 1 unspecified atom stereocenters. The zero-order valence-electron chi connectivity index (χ0n) is 11.8. The lowest BCUT2D eigenvalue weighted by Gasteiger charge is -2.24. The minimum Gasteiger partial charge on any atom is -0.388 e. The molecule has 1 heterocycles. The molecule has 20 heavy (non-hydrogen) atoms. The fraction of sp³-hybridized carbons (Fsp3) is 0.333. The van der Waals surface area contributed by atoms with Gasteiger partial charge in [-0.05, 0) is 23.6 Å². The molecule has 2 aromatic rings. The maximum absolute atomic E-state index is 10.3. The fourth-order valence-corrected chi connectivity index (χ4v) is 1.78. The van der Waals surface area contributed by atoms with Crippen LogP contribution in [0.1, 0.15) is 26.3 Å². The SMILES string of the molecule is CC(C)(C)C(O)C=C(c1ccc(Cl)cc1)n1cncn1. The van der Waals surface area contributed by atoms with Crippen molar-refractivity contribution >= 4 is 17.3 Å². The zero-order chi connectivity index (χ0) is 14.8. The van der Waals surface area contributed by atoms with Crippen LogP contribution in [0.15, 0.2) is 43.0 Å². The third kappa shape index (κ3) is 3.46. The predicted octanol–water partition coefficient (Wildman–Crippen LogP) is 3.23. The Bertz CT molecular complexity index is 583. The lowest BCUT2D eigenvalue weighted by molar-refractivity contribution is 0.105. The summed E-state index contributed by atoms with van der Waals surface area (Å²) >= 11 is 5.92. The topological polar surface area (TPSA) is 50.9 Å². The molecule has 0 aliphatic rings. The average molecular weight is 292 g/mol. The summed E-state index contributed by atoms with van der Waals surface area (Å²) in [7, 11) is 0. The van der Waals surface area contributed by atoms with E-state index in [9.17, 15) is 5.11 Å². The van der Waals surface area contributed by atoms with E-state index in [1.807, 2.05) is 45.0 Å². The molecule has 0 fully saturated rings. The van der Waals surface area contributed by atoms with E-state index in [4.69, 9.17) is 11.6 Å². The molecule has 1 atom stereocenters. The van der Waals surface area contributed by atoms with Gasteiger partial charge in [0.25, 0.3) is 0 Å². The van der Waals surface area contributed by atoms with Crippen LogP contribution in [-0.4, -0.2) is 26.0 Å². The summed E-state index contributed by atoms with van der Waals surface area (Å²) in [4.78, 5) is 3.96. The highest BCUT2D eigenvalue weighted by Crippen LogP contribution is 2.25. The van der Waals surface area contributed by atoms with Crippen LogP contribution in [0, 0.1) is 5.41 Å². The molecule has 2 rings (SSSR count). The Morgan fingerprint density at radius 2 is 1.95 bits per heavy atom. The maximum Gasteiger partial charge on any atom is 0.138 e. The van der Waals surface area contributed by atoms with Crippen LogP contribution in [0.5, 0.6) is 0 Å². The first kappa shape index (κ1) is 14.8. The van der Waals surface area contributed by atoms with E-state index in [-0.39, 0.29) is 5.41 Å². The molecule has 4 nitrogen and oxygen atoms in total. The molecule has 106 valence electrons. The number of aliphatic hydroxyl groups excluding tert-OH is 1. The van der Waals surface area contributed by atoms with Crippen LogP contribution >= 0.6 is 11.6 Å². The number of benzene rings is 1. The predicted molar refractivity (Wildman–Crippen MR) is 80.3 cm³/mol. The van der Waals surface area contributed by atoms with Crippen molar-refractivity contribution in [1.29, 1.82) is 0 Å². The summed E-state index contributed by atoms with van der Waals surface area (Å²) in [6.45, 7) is 5.94. The molecule has 0 spiro atoms. The minimum atomic E-state index is -0.600. The van der Waals surface area contributed by atoms with Crippen LogP contribution < -0.4 is 0 Å². The third-order valence-electron chi connectivity index (χ3n) is 3.01. The molecular formula is C15H18ClN3O. The highest BCUT2D eigenvalue weighted by atomic mass is 35.5. The summed E-state index contributed by atoms with van der Waals surface area (Å²) in [5.41, 5.74) is 1.45. The average Bonchev–Trinajstić information content (AvgIpc) is 2.89. The highest BCUT2D eigenvalue weighted by Gasteiger charge is 2.21. The molecule has 0 amide bonds. The van der Waals surface area contributed by atoms with Gasteiger partial charge in [-0.2, -0.15) is 5.10 Å². The monoisotopic (exact) mass is 291 g/mol. The number of hydrogen-bond donors (Lipinski definition) is 1. The normalized spacial score (nSPS) is 14.3.